The van der Waals surface area contributed by atoms with Crippen LogP contribution in [0.15, 0.2) is 0 Å². The molecule has 6 N–H and O–H groups in total. The maximum atomic E-state index is 10.7. The van der Waals surface area contributed by atoms with E-state index < -0.39 is 51.5 Å². The molecule has 12 heteroatoms. The van der Waals surface area contributed by atoms with Gasteiger partial charge in [-0.3, -0.25) is 9.59 Å². The zero-order valence-electron chi connectivity index (χ0n) is 13.4. The molecule has 0 amide bonds. The molecule has 1 rings (SSSR count). The number of ether oxygens (including phenoxy) is 4. The van der Waals surface area contributed by atoms with Gasteiger partial charge in [0.1, 0.15) is 26.5 Å². The summed E-state index contributed by atoms with van der Waals surface area (Å²) in [5, 5.41) is 50.9. The van der Waals surface area contributed by atoms with Gasteiger partial charge in [0, 0.05) is 12.5 Å². The smallest absolute Gasteiger partial charge is 0.308 e. The molecule has 0 saturated carbocycles. The molecule has 1 saturated heterocycles. The summed E-state index contributed by atoms with van der Waals surface area (Å²) >= 11 is 0. The lowest BCUT2D eigenvalue weighted by Gasteiger charge is -2.19. The lowest BCUT2D eigenvalue weighted by atomic mass is 10.0. The third-order valence-corrected chi connectivity index (χ3v) is 3.03. The van der Waals surface area contributed by atoms with Gasteiger partial charge in [-0.25, -0.2) is 0 Å². The van der Waals surface area contributed by atoms with Crippen molar-refractivity contribution >= 4 is 11.9 Å². The minimum atomic E-state index is -1.58. The molecule has 1 heterocycles. The highest BCUT2D eigenvalue weighted by atomic mass is 16.7. The molecule has 0 aromatic carbocycles. The molecule has 0 spiro atoms. The van der Waals surface area contributed by atoms with Crippen molar-refractivity contribution in [1.29, 1.82) is 0 Å². The van der Waals surface area contributed by atoms with Gasteiger partial charge < -0.3 is 49.6 Å². The van der Waals surface area contributed by atoms with Gasteiger partial charge in [-0.05, 0) is 6.42 Å². The number of carbonyl (C=O) groups excluding carboxylic acids is 1. The van der Waals surface area contributed by atoms with Crippen LogP contribution in [0.4, 0.5) is 0 Å². The summed E-state index contributed by atoms with van der Waals surface area (Å²) in [5.74, 6) is -1.68. The van der Waals surface area contributed by atoms with Crippen molar-refractivity contribution in [1.82, 2.24) is 0 Å². The first-order chi connectivity index (χ1) is 11.9. The number of hydrogen-bond acceptors (Lipinski definition) is 11. The minimum absolute atomic E-state index is 0. The molecule has 4 atom stereocenters. The number of aliphatic hydroxyl groups is 5. The second kappa shape index (κ2) is 15.8. The average Bonchev–Trinajstić information content (AvgIpc) is 2.88. The van der Waals surface area contributed by atoms with Crippen molar-refractivity contribution in [3.63, 3.8) is 0 Å². The van der Waals surface area contributed by atoms with Crippen LogP contribution in [0.25, 0.3) is 0 Å². The molecule has 1 aliphatic heterocycles. The van der Waals surface area contributed by atoms with E-state index in [2.05, 4.69) is 9.47 Å². The summed E-state index contributed by atoms with van der Waals surface area (Å²) in [4.78, 5) is 21.0. The van der Waals surface area contributed by atoms with Crippen LogP contribution in [0.5, 0.6) is 0 Å². The van der Waals surface area contributed by atoms with Gasteiger partial charge in [-0.15, -0.1) is 0 Å². The number of carboxylic acid groups (broad SMARTS) is 1. The molecule has 12 nitrogen and oxygen atoms in total. The van der Waals surface area contributed by atoms with E-state index in [1.54, 1.807) is 0 Å². The van der Waals surface area contributed by atoms with Crippen LogP contribution in [0.3, 0.4) is 0 Å². The van der Waals surface area contributed by atoms with Crippen LogP contribution >= 0.6 is 0 Å². The molecule has 0 aliphatic carbocycles. The Hall–Kier alpha value is -1.38. The van der Waals surface area contributed by atoms with Gasteiger partial charge in [-0.2, -0.15) is 0 Å². The quantitative estimate of drug-likeness (QED) is 0.168. The molecule has 0 radical (unpaired) electrons. The highest BCUT2D eigenvalue weighted by Crippen LogP contribution is 2.25. The molecule has 4 unspecified atom stereocenters. The number of hydrogen-bond donors (Lipinski definition) is 6. The average molecular weight is 388 g/mol. The SMILES string of the molecule is C.O=C(O)CC(OCO)C(O)OCO.O=C1CC(CCO)C(OCO)O1. The van der Waals surface area contributed by atoms with E-state index in [1.165, 1.54) is 0 Å². The molecule has 156 valence electrons. The monoisotopic (exact) mass is 388 g/mol. The Bertz CT molecular complexity index is 361. The van der Waals surface area contributed by atoms with E-state index in [9.17, 15) is 9.59 Å². The normalized spacial score (nSPS) is 21.0. The van der Waals surface area contributed by atoms with Crippen molar-refractivity contribution in [3.8, 4) is 0 Å². The second-order valence-corrected chi connectivity index (χ2v) is 4.75. The van der Waals surface area contributed by atoms with Gasteiger partial charge in [0.2, 0.25) is 6.29 Å². The summed E-state index contributed by atoms with van der Waals surface area (Å²) in [7, 11) is 0. The number of esters is 1. The fourth-order valence-corrected chi connectivity index (χ4v) is 1.93. The highest BCUT2D eigenvalue weighted by molar-refractivity contribution is 5.71. The van der Waals surface area contributed by atoms with Gasteiger partial charge in [-0.1, -0.05) is 7.43 Å². The van der Waals surface area contributed by atoms with Gasteiger partial charge in [0.05, 0.1) is 12.8 Å². The van der Waals surface area contributed by atoms with Crippen molar-refractivity contribution in [2.75, 3.05) is 27.0 Å². The van der Waals surface area contributed by atoms with Crippen LogP contribution in [-0.2, 0) is 28.5 Å². The maximum Gasteiger partial charge on any atom is 0.308 e. The Kier molecular flexibility index (Phi) is 16.4. The van der Waals surface area contributed by atoms with Gasteiger partial charge >= 0.3 is 11.9 Å². The predicted octanol–water partition coefficient (Wildman–Crippen LogP) is -2.06. The molecular formula is C14H28O12. The van der Waals surface area contributed by atoms with Crippen LogP contribution in [-0.4, -0.2) is 88.2 Å². The topological polar surface area (TPSA) is 192 Å². The Morgan fingerprint density at radius 3 is 2.23 bits per heavy atom. The van der Waals surface area contributed by atoms with Crippen molar-refractivity contribution in [2.45, 2.75) is 45.4 Å². The number of aliphatic carboxylic acids is 1. The number of cyclic esters (lactones) is 1. The van der Waals surface area contributed by atoms with Gasteiger partial charge in [0.25, 0.3) is 0 Å². The Balaban J connectivity index is 0. The highest BCUT2D eigenvalue weighted by Gasteiger charge is 2.34. The first-order valence-corrected chi connectivity index (χ1v) is 7.27. The molecule has 26 heavy (non-hydrogen) atoms. The Labute approximate surface area is 150 Å². The fourth-order valence-electron chi connectivity index (χ4n) is 1.93. The van der Waals surface area contributed by atoms with Crippen molar-refractivity contribution in [2.24, 2.45) is 5.92 Å². The minimum Gasteiger partial charge on any atom is -0.481 e. The zero-order valence-corrected chi connectivity index (χ0v) is 13.4. The third-order valence-electron chi connectivity index (χ3n) is 3.03. The summed E-state index contributed by atoms with van der Waals surface area (Å²) in [5.41, 5.74) is 0. The standard InChI is InChI=1S/C7H12O5.C6H12O7.CH4/c8-2-1-5-3-6(10)12-7(5)11-4-9;7-2-12-4(1-5(9)10)6(11)13-3-8;/h5,7-9H,1-4H2;4,6-8,11H,1-3H2,(H,9,10);1H4. The Morgan fingerprint density at radius 2 is 1.77 bits per heavy atom. The third kappa shape index (κ3) is 11.3. The van der Waals surface area contributed by atoms with Gasteiger partial charge in [0.15, 0.2) is 6.29 Å². The predicted molar refractivity (Wildman–Crippen MR) is 83.0 cm³/mol. The van der Waals surface area contributed by atoms with E-state index in [4.69, 9.17) is 40.1 Å². The second-order valence-electron chi connectivity index (χ2n) is 4.75. The van der Waals surface area contributed by atoms with E-state index in [0.717, 1.165) is 0 Å². The Morgan fingerprint density at radius 1 is 1.15 bits per heavy atom. The number of carbonyl (C=O) groups is 2. The first kappa shape index (κ1) is 26.8. The zero-order chi connectivity index (χ0) is 19.2. The number of carboxylic acids is 1. The molecule has 1 aliphatic rings. The first-order valence-electron chi connectivity index (χ1n) is 7.27. The molecule has 1 fully saturated rings. The lowest BCUT2D eigenvalue weighted by Crippen LogP contribution is -2.34. The van der Waals surface area contributed by atoms with Crippen LogP contribution in [0.2, 0.25) is 0 Å². The molecule has 0 bridgehead atoms. The van der Waals surface area contributed by atoms with Crippen LogP contribution < -0.4 is 0 Å². The van der Waals surface area contributed by atoms with Crippen LogP contribution in [0.1, 0.15) is 26.7 Å². The molecule has 0 aromatic heterocycles. The van der Waals surface area contributed by atoms with Crippen LogP contribution in [0, 0.1) is 5.92 Å². The lowest BCUT2D eigenvalue weighted by molar-refractivity contribution is -0.224. The summed E-state index contributed by atoms with van der Waals surface area (Å²) in [6.07, 6.45) is -3.28. The van der Waals surface area contributed by atoms with Crippen molar-refractivity contribution in [3.05, 3.63) is 0 Å². The largest absolute Gasteiger partial charge is 0.481 e. The van der Waals surface area contributed by atoms with E-state index >= 15 is 0 Å². The number of rotatable bonds is 11. The van der Waals surface area contributed by atoms with E-state index in [1.807, 2.05) is 0 Å². The van der Waals surface area contributed by atoms with Crippen molar-refractivity contribution < 1.29 is 59.2 Å². The summed E-state index contributed by atoms with van der Waals surface area (Å²) < 4.78 is 18.2. The fraction of sp³-hybridized carbons (Fsp3) is 0.857. The van der Waals surface area contributed by atoms with E-state index in [0.29, 0.717) is 6.42 Å². The molecular weight excluding hydrogens is 360 g/mol. The summed E-state index contributed by atoms with van der Waals surface area (Å²) in [6, 6.07) is 0. The maximum absolute atomic E-state index is 10.7. The number of aliphatic hydroxyl groups excluding tert-OH is 5. The summed E-state index contributed by atoms with van der Waals surface area (Å²) in [6.45, 7) is -1.97. The van der Waals surface area contributed by atoms with E-state index in [-0.39, 0.29) is 32.3 Å². The molecule has 0 aromatic rings.